The molecular weight excluding hydrogens is 304 g/mol. The average Bonchev–Trinajstić information content (AvgIpc) is 2.96. The van der Waals surface area contributed by atoms with Crippen LogP contribution in [0.2, 0.25) is 0 Å². The molecule has 3 aromatic rings. The van der Waals surface area contributed by atoms with Crippen LogP contribution >= 0.6 is 0 Å². The third kappa shape index (κ3) is 3.12. The Hall–Kier alpha value is -3.15. The molecule has 0 spiro atoms. The maximum atomic E-state index is 11.9. The second-order valence-corrected chi connectivity index (χ2v) is 5.45. The topological polar surface area (TPSA) is 69.0 Å². The Morgan fingerprint density at radius 2 is 1.88 bits per heavy atom. The molecular formula is C18H18N4O2. The molecule has 0 saturated heterocycles. The maximum Gasteiger partial charge on any atom is 0.340 e. The van der Waals surface area contributed by atoms with Crippen molar-refractivity contribution in [1.82, 2.24) is 14.8 Å². The Morgan fingerprint density at radius 3 is 2.58 bits per heavy atom. The van der Waals surface area contributed by atoms with Crippen LogP contribution in [0.4, 0.5) is 11.4 Å². The summed E-state index contributed by atoms with van der Waals surface area (Å²) in [4.78, 5) is 15.9. The molecule has 0 atom stereocenters. The van der Waals surface area contributed by atoms with Crippen molar-refractivity contribution in [2.45, 2.75) is 13.8 Å². The van der Waals surface area contributed by atoms with Crippen LogP contribution in [0.15, 0.2) is 48.9 Å². The van der Waals surface area contributed by atoms with E-state index in [1.54, 1.807) is 23.1 Å². The van der Waals surface area contributed by atoms with E-state index in [4.69, 9.17) is 4.74 Å². The third-order valence-corrected chi connectivity index (χ3v) is 3.69. The van der Waals surface area contributed by atoms with Crippen LogP contribution in [0.1, 0.15) is 21.6 Å². The number of nitrogens with one attached hydrogen (secondary N) is 1. The number of anilines is 2. The fourth-order valence-electron chi connectivity index (χ4n) is 2.34. The van der Waals surface area contributed by atoms with E-state index < -0.39 is 5.97 Å². The first-order valence-electron chi connectivity index (χ1n) is 7.51. The lowest BCUT2D eigenvalue weighted by atomic mass is 10.2. The van der Waals surface area contributed by atoms with Crippen molar-refractivity contribution in [3.05, 3.63) is 65.7 Å². The molecule has 24 heavy (non-hydrogen) atoms. The lowest BCUT2D eigenvalue weighted by Gasteiger charge is -2.08. The van der Waals surface area contributed by atoms with Crippen molar-refractivity contribution in [3.63, 3.8) is 0 Å². The number of methoxy groups -OCH3 is 1. The van der Waals surface area contributed by atoms with Crippen molar-refractivity contribution in [2.75, 3.05) is 12.4 Å². The lowest BCUT2D eigenvalue weighted by molar-refractivity contribution is 0.0602. The van der Waals surface area contributed by atoms with E-state index in [0.717, 1.165) is 17.1 Å². The average molecular weight is 322 g/mol. The van der Waals surface area contributed by atoms with Crippen molar-refractivity contribution in [3.8, 4) is 5.69 Å². The SMILES string of the molecule is COC(=O)c1ccncc1Nc1cn(-c2ccc(C)cc2)nc1C. The van der Waals surface area contributed by atoms with E-state index >= 15 is 0 Å². The number of benzene rings is 1. The highest BCUT2D eigenvalue weighted by Crippen LogP contribution is 2.24. The molecule has 0 bridgehead atoms. The van der Waals surface area contributed by atoms with Crippen LogP contribution in [0.25, 0.3) is 5.69 Å². The molecule has 0 amide bonds. The standard InChI is InChI=1S/C18H18N4O2/c1-12-4-6-14(7-5-12)22-11-17(13(2)21-22)20-16-10-19-9-8-15(16)18(23)24-3/h4-11,20H,1-3H3. The second-order valence-electron chi connectivity index (χ2n) is 5.45. The first-order valence-corrected chi connectivity index (χ1v) is 7.51. The molecule has 0 radical (unpaired) electrons. The molecule has 0 unspecified atom stereocenters. The van der Waals surface area contributed by atoms with Gasteiger partial charge in [0.15, 0.2) is 0 Å². The number of aromatic nitrogens is 3. The lowest BCUT2D eigenvalue weighted by Crippen LogP contribution is -2.06. The monoisotopic (exact) mass is 322 g/mol. The van der Waals surface area contributed by atoms with Gasteiger partial charge in [-0.1, -0.05) is 17.7 Å². The van der Waals surface area contributed by atoms with Gasteiger partial charge >= 0.3 is 5.97 Å². The minimum absolute atomic E-state index is 0.413. The molecule has 2 aromatic heterocycles. The largest absolute Gasteiger partial charge is 0.465 e. The van der Waals surface area contributed by atoms with Gasteiger partial charge in [-0.15, -0.1) is 0 Å². The maximum absolute atomic E-state index is 11.9. The van der Waals surface area contributed by atoms with E-state index in [-0.39, 0.29) is 0 Å². The molecule has 0 aliphatic rings. The van der Waals surface area contributed by atoms with Gasteiger partial charge < -0.3 is 10.1 Å². The van der Waals surface area contributed by atoms with E-state index in [2.05, 4.69) is 15.4 Å². The molecule has 0 aliphatic heterocycles. The molecule has 2 heterocycles. The summed E-state index contributed by atoms with van der Waals surface area (Å²) in [5, 5.41) is 7.73. The number of rotatable bonds is 4. The number of pyridine rings is 1. The van der Waals surface area contributed by atoms with Crippen LogP contribution in [0, 0.1) is 13.8 Å². The zero-order chi connectivity index (χ0) is 17.1. The third-order valence-electron chi connectivity index (χ3n) is 3.69. The number of ether oxygens (including phenoxy) is 1. The number of carbonyl (C=O) groups excluding carboxylic acids is 1. The zero-order valence-electron chi connectivity index (χ0n) is 13.8. The van der Waals surface area contributed by atoms with Crippen molar-refractivity contribution < 1.29 is 9.53 Å². The van der Waals surface area contributed by atoms with E-state index in [1.165, 1.54) is 12.7 Å². The van der Waals surface area contributed by atoms with Crippen LogP contribution in [-0.2, 0) is 4.74 Å². The first kappa shape index (κ1) is 15.7. The normalized spacial score (nSPS) is 10.5. The quantitative estimate of drug-likeness (QED) is 0.745. The summed E-state index contributed by atoms with van der Waals surface area (Å²) in [5.41, 5.74) is 4.78. The Morgan fingerprint density at radius 1 is 1.12 bits per heavy atom. The van der Waals surface area contributed by atoms with E-state index in [9.17, 15) is 4.79 Å². The van der Waals surface area contributed by atoms with Crippen LogP contribution < -0.4 is 5.32 Å². The fourth-order valence-corrected chi connectivity index (χ4v) is 2.34. The van der Waals surface area contributed by atoms with Crippen molar-refractivity contribution in [1.29, 1.82) is 0 Å². The van der Waals surface area contributed by atoms with Crippen LogP contribution in [0.5, 0.6) is 0 Å². The summed E-state index contributed by atoms with van der Waals surface area (Å²) >= 11 is 0. The van der Waals surface area contributed by atoms with Crippen molar-refractivity contribution >= 4 is 17.3 Å². The number of aryl methyl sites for hydroxylation is 2. The number of esters is 1. The molecule has 0 aliphatic carbocycles. The number of nitrogens with zero attached hydrogens (tertiary/aromatic N) is 3. The Labute approximate surface area is 140 Å². The molecule has 1 N–H and O–H groups in total. The highest BCUT2D eigenvalue weighted by Gasteiger charge is 2.14. The van der Waals surface area contributed by atoms with Gasteiger partial charge in [0, 0.05) is 6.20 Å². The van der Waals surface area contributed by atoms with Crippen molar-refractivity contribution in [2.24, 2.45) is 0 Å². The summed E-state index contributed by atoms with van der Waals surface area (Å²) in [6.07, 6.45) is 5.03. The first-order chi connectivity index (χ1) is 11.6. The van der Waals surface area contributed by atoms with E-state index in [1.807, 2.05) is 44.3 Å². The molecule has 122 valence electrons. The predicted octanol–water partition coefficient (Wildman–Crippen LogP) is 3.41. The van der Waals surface area contributed by atoms with Gasteiger partial charge in [0.05, 0.1) is 47.8 Å². The van der Waals surface area contributed by atoms with Gasteiger partial charge in [0.1, 0.15) is 0 Å². The van der Waals surface area contributed by atoms with Gasteiger partial charge in [-0.05, 0) is 32.0 Å². The Balaban J connectivity index is 1.92. The Kier molecular flexibility index (Phi) is 4.29. The van der Waals surface area contributed by atoms with Gasteiger partial charge in [-0.3, -0.25) is 4.98 Å². The number of hydrogen-bond acceptors (Lipinski definition) is 5. The number of carbonyl (C=O) groups is 1. The van der Waals surface area contributed by atoms with Crippen LogP contribution in [0.3, 0.4) is 0 Å². The van der Waals surface area contributed by atoms with Gasteiger partial charge in [0.2, 0.25) is 0 Å². The highest BCUT2D eigenvalue weighted by atomic mass is 16.5. The smallest absolute Gasteiger partial charge is 0.340 e. The van der Waals surface area contributed by atoms with E-state index in [0.29, 0.717) is 11.3 Å². The predicted molar refractivity (Wildman–Crippen MR) is 91.9 cm³/mol. The summed E-state index contributed by atoms with van der Waals surface area (Å²) in [7, 11) is 1.35. The van der Waals surface area contributed by atoms with Crippen LogP contribution in [-0.4, -0.2) is 27.8 Å². The zero-order valence-corrected chi connectivity index (χ0v) is 13.8. The second kappa shape index (κ2) is 6.54. The van der Waals surface area contributed by atoms with Gasteiger partial charge in [0.25, 0.3) is 0 Å². The molecule has 0 saturated carbocycles. The number of hydrogen-bond donors (Lipinski definition) is 1. The molecule has 6 nitrogen and oxygen atoms in total. The molecule has 1 aromatic carbocycles. The Bertz CT molecular complexity index is 869. The summed E-state index contributed by atoms with van der Waals surface area (Å²) in [5.74, 6) is -0.413. The molecule has 3 rings (SSSR count). The fraction of sp³-hybridized carbons (Fsp3) is 0.167. The minimum atomic E-state index is -0.413. The summed E-state index contributed by atoms with van der Waals surface area (Å²) < 4.78 is 6.60. The summed E-state index contributed by atoms with van der Waals surface area (Å²) in [6.45, 7) is 3.95. The summed E-state index contributed by atoms with van der Waals surface area (Å²) in [6, 6.07) is 9.71. The van der Waals surface area contributed by atoms with Gasteiger partial charge in [-0.2, -0.15) is 5.10 Å². The van der Waals surface area contributed by atoms with Gasteiger partial charge in [-0.25, -0.2) is 9.48 Å². The minimum Gasteiger partial charge on any atom is -0.465 e. The molecule has 0 fully saturated rings. The highest BCUT2D eigenvalue weighted by molar-refractivity contribution is 5.96. The molecule has 6 heteroatoms.